The van der Waals surface area contributed by atoms with Crippen LogP contribution in [0.15, 0.2) is 12.3 Å². The fourth-order valence-corrected chi connectivity index (χ4v) is 2.53. The van der Waals surface area contributed by atoms with Crippen LogP contribution in [0.3, 0.4) is 0 Å². The topological polar surface area (TPSA) is 36.7 Å². The van der Waals surface area contributed by atoms with Crippen molar-refractivity contribution in [2.75, 3.05) is 0 Å². The highest BCUT2D eigenvalue weighted by molar-refractivity contribution is 5.38. The first kappa shape index (κ1) is 7.08. The Balaban J connectivity index is 2.13. The predicted molar refractivity (Wildman–Crippen MR) is 48.1 cm³/mol. The van der Waals surface area contributed by atoms with Crippen LogP contribution < -0.4 is 0 Å². The monoisotopic (exact) mass is 170 g/mol. The highest BCUT2D eigenvalue weighted by Gasteiger charge is 2.37. The van der Waals surface area contributed by atoms with Gasteiger partial charge in [-0.3, -0.25) is 4.98 Å². The molecule has 0 saturated heterocycles. The molecule has 64 valence electrons. The molecule has 0 N–H and O–H groups in total. The van der Waals surface area contributed by atoms with Crippen molar-refractivity contribution < 1.29 is 0 Å². The Morgan fingerprint density at radius 2 is 2.31 bits per heavy atom. The van der Waals surface area contributed by atoms with Gasteiger partial charge >= 0.3 is 0 Å². The molecule has 1 saturated carbocycles. The van der Waals surface area contributed by atoms with Crippen LogP contribution in [0.2, 0.25) is 0 Å². The number of nitrogens with zero attached hydrogens (tertiary/aromatic N) is 2. The van der Waals surface area contributed by atoms with Gasteiger partial charge in [-0.15, -0.1) is 0 Å². The summed E-state index contributed by atoms with van der Waals surface area (Å²) in [5.74, 6) is 1.60. The van der Waals surface area contributed by atoms with Crippen molar-refractivity contribution in [3.05, 3.63) is 29.1 Å². The Hall–Kier alpha value is -1.36. The van der Waals surface area contributed by atoms with E-state index >= 15 is 0 Å². The van der Waals surface area contributed by atoms with E-state index in [0.29, 0.717) is 5.56 Å². The number of rotatable bonds is 0. The average molecular weight is 170 g/mol. The SMILES string of the molecule is N#Cc1cnc2c(c1)C1CC(C2)C1. The minimum Gasteiger partial charge on any atom is -0.260 e. The summed E-state index contributed by atoms with van der Waals surface area (Å²) in [5, 5.41) is 8.75. The fraction of sp³-hybridized carbons (Fsp3) is 0.455. The van der Waals surface area contributed by atoms with Crippen molar-refractivity contribution in [2.24, 2.45) is 5.92 Å². The fourth-order valence-electron chi connectivity index (χ4n) is 2.53. The lowest BCUT2D eigenvalue weighted by Crippen LogP contribution is -2.31. The first-order valence-electron chi connectivity index (χ1n) is 4.75. The molecule has 2 bridgehead atoms. The van der Waals surface area contributed by atoms with Gasteiger partial charge in [0.05, 0.1) is 5.56 Å². The van der Waals surface area contributed by atoms with Gasteiger partial charge in [0.25, 0.3) is 0 Å². The summed E-state index contributed by atoms with van der Waals surface area (Å²) >= 11 is 0. The maximum atomic E-state index is 8.75. The van der Waals surface area contributed by atoms with Crippen molar-refractivity contribution in [1.82, 2.24) is 4.98 Å². The summed E-state index contributed by atoms with van der Waals surface area (Å²) < 4.78 is 0. The molecule has 1 aromatic heterocycles. The molecule has 0 aliphatic heterocycles. The Kier molecular flexibility index (Phi) is 1.26. The van der Waals surface area contributed by atoms with Crippen LogP contribution in [-0.2, 0) is 6.42 Å². The van der Waals surface area contributed by atoms with E-state index in [0.717, 1.165) is 18.3 Å². The van der Waals surface area contributed by atoms with Gasteiger partial charge in [0.1, 0.15) is 6.07 Å². The smallest absolute Gasteiger partial charge is 0.101 e. The third kappa shape index (κ3) is 0.904. The van der Waals surface area contributed by atoms with Gasteiger partial charge in [-0.05, 0) is 42.7 Å². The lowest BCUT2D eigenvalue weighted by molar-refractivity contribution is 0.234. The Morgan fingerprint density at radius 3 is 3.08 bits per heavy atom. The van der Waals surface area contributed by atoms with E-state index in [1.165, 1.54) is 24.1 Å². The Labute approximate surface area is 77.2 Å². The summed E-state index contributed by atoms with van der Waals surface area (Å²) in [6.07, 6.45) is 5.48. The van der Waals surface area contributed by atoms with Gasteiger partial charge in [-0.2, -0.15) is 5.26 Å². The Morgan fingerprint density at radius 1 is 1.46 bits per heavy atom. The molecule has 0 unspecified atom stereocenters. The van der Waals surface area contributed by atoms with Crippen LogP contribution in [0.4, 0.5) is 0 Å². The van der Waals surface area contributed by atoms with Crippen molar-refractivity contribution in [3.8, 4) is 6.07 Å². The molecule has 0 spiro atoms. The zero-order valence-corrected chi connectivity index (χ0v) is 7.33. The first-order chi connectivity index (χ1) is 6.36. The average Bonchev–Trinajstić information content (AvgIpc) is 2.14. The van der Waals surface area contributed by atoms with Crippen LogP contribution >= 0.6 is 0 Å². The van der Waals surface area contributed by atoms with Crippen LogP contribution in [0.1, 0.15) is 35.6 Å². The normalized spacial score (nSPS) is 28.5. The molecule has 13 heavy (non-hydrogen) atoms. The summed E-state index contributed by atoms with van der Waals surface area (Å²) in [4.78, 5) is 4.35. The van der Waals surface area contributed by atoms with E-state index in [9.17, 15) is 0 Å². The first-order valence-corrected chi connectivity index (χ1v) is 4.75. The molecule has 3 aliphatic rings. The molecule has 0 radical (unpaired) electrons. The lowest BCUT2D eigenvalue weighted by Gasteiger charge is -2.41. The second-order valence-corrected chi connectivity index (χ2v) is 4.11. The van der Waals surface area contributed by atoms with E-state index in [-0.39, 0.29) is 0 Å². The number of nitriles is 1. The van der Waals surface area contributed by atoms with Gasteiger partial charge in [0, 0.05) is 11.9 Å². The quantitative estimate of drug-likeness (QED) is 0.597. The van der Waals surface area contributed by atoms with Crippen molar-refractivity contribution in [1.29, 1.82) is 5.26 Å². The van der Waals surface area contributed by atoms with E-state index in [4.69, 9.17) is 5.26 Å². The summed E-state index contributed by atoms with van der Waals surface area (Å²) in [6, 6.07) is 4.18. The zero-order valence-electron chi connectivity index (χ0n) is 7.33. The maximum absolute atomic E-state index is 8.75. The zero-order chi connectivity index (χ0) is 8.84. The van der Waals surface area contributed by atoms with E-state index in [1.807, 2.05) is 6.07 Å². The third-order valence-electron chi connectivity index (χ3n) is 3.29. The van der Waals surface area contributed by atoms with E-state index < -0.39 is 0 Å². The van der Waals surface area contributed by atoms with Crippen molar-refractivity contribution in [3.63, 3.8) is 0 Å². The lowest BCUT2D eigenvalue weighted by atomic mass is 9.64. The second kappa shape index (κ2) is 2.32. The summed E-state index contributed by atoms with van der Waals surface area (Å²) in [6.45, 7) is 0. The molecule has 1 aromatic rings. The minimum atomic E-state index is 0.712. The molecule has 4 rings (SSSR count). The van der Waals surface area contributed by atoms with Crippen molar-refractivity contribution in [2.45, 2.75) is 25.2 Å². The summed E-state index contributed by atoms with van der Waals surface area (Å²) in [7, 11) is 0. The molecular formula is C11H10N2. The molecule has 3 aliphatic carbocycles. The van der Waals surface area contributed by atoms with Crippen molar-refractivity contribution >= 4 is 0 Å². The maximum Gasteiger partial charge on any atom is 0.101 e. The van der Waals surface area contributed by atoms with Gasteiger partial charge in [-0.25, -0.2) is 0 Å². The van der Waals surface area contributed by atoms with E-state index in [1.54, 1.807) is 6.20 Å². The molecule has 0 amide bonds. The van der Waals surface area contributed by atoms with Gasteiger partial charge < -0.3 is 0 Å². The second-order valence-electron chi connectivity index (χ2n) is 4.11. The molecular weight excluding hydrogens is 160 g/mol. The van der Waals surface area contributed by atoms with Crippen LogP contribution in [-0.4, -0.2) is 4.98 Å². The van der Waals surface area contributed by atoms with Crippen LogP contribution in [0.5, 0.6) is 0 Å². The number of pyridine rings is 1. The molecule has 0 aromatic carbocycles. The largest absolute Gasteiger partial charge is 0.260 e. The number of aromatic nitrogens is 1. The number of hydrogen-bond donors (Lipinski definition) is 0. The molecule has 2 nitrogen and oxygen atoms in total. The van der Waals surface area contributed by atoms with Gasteiger partial charge in [-0.1, -0.05) is 0 Å². The Bertz CT molecular complexity index is 397. The third-order valence-corrected chi connectivity index (χ3v) is 3.29. The predicted octanol–water partition coefficient (Wildman–Crippen LogP) is 2.00. The molecule has 1 fully saturated rings. The minimum absolute atomic E-state index is 0.712. The summed E-state index contributed by atoms with van der Waals surface area (Å²) in [5.41, 5.74) is 3.30. The molecule has 2 heteroatoms. The van der Waals surface area contributed by atoms with E-state index in [2.05, 4.69) is 11.1 Å². The van der Waals surface area contributed by atoms with Gasteiger partial charge in [0.15, 0.2) is 0 Å². The molecule has 1 heterocycles. The number of hydrogen-bond acceptors (Lipinski definition) is 2. The van der Waals surface area contributed by atoms with Crippen LogP contribution in [0.25, 0.3) is 0 Å². The standard InChI is InChI=1S/C11H10N2/c12-5-8-3-10-9-1-7(2-9)4-11(10)13-6-8/h3,6-7,9H,1-2,4H2. The highest BCUT2D eigenvalue weighted by Crippen LogP contribution is 2.48. The highest BCUT2D eigenvalue weighted by atomic mass is 14.7. The molecule has 0 atom stereocenters. The van der Waals surface area contributed by atoms with Crippen LogP contribution in [0, 0.1) is 17.2 Å². The van der Waals surface area contributed by atoms with Gasteiger partial charge in [0.2, 0.25) is 0 Å².